The Morgan fingerprint density at radius 3 is 2.46 bits per heavy atom. The van der Waals surface area contributed by atoms with E-state index in [4.69, 9.17) is 28.4 Å². The van der Waals surface area contributed by atoms with Gasteiger partial charge in [0.15, 0.2) is 17.3 Å². The van der Waals surface area contributed by atoms with E-state index in [0.29, 0.717) is 30.8 Å². The Bertz CT molecular complexity index is 1590. The summed E-state index contributed by atoms with van der Waals surface area (Å²) >= 11 is 0. The largest absolute Gasteiger partial charge is 0.467 e. The molecule has 3 heterocycles. The van der Waals surface area contributed by atoms with Crippen molar-refractivity contribution in [3.63, 3.8) is 0 Å². The highest BCUT2D eigenvalue weighted by molar-refractivity contribution is 5.84. The first-order valence-electron chi connectivity index (χ1n) is 16.9. The van der Waals surface area contributed by atoms with Crippen molar-refractivity contribution in [3.8, 4) is 11.5 Å². The summed E-state index contributed by atoms with van der Waals surface area (Å²) < 4.78 is 78.5. The van der Waals surface area contributed by atoms with Crippen LogP contribution in [0.1, 0.15) is 68.6 Å². The van der Waals surface area contributed by atoms with Crippen LogP contribution in [0, 0.1) is 0 Å². The first-order valence-corrected chi connectivity index (χ1v) is 16.9. The van der Waals surface area contributed by atoms with Crippen molar-refractivity contribution in [2.75, 3.05) is 20.5 Å². The number of hydrogen-bond donors (Lipinski definition) is 3. The standard InChI is InChI=1S/C35H42F3N3O11/c1-21(31(43)46-2)41-30(42)11-9-25-15-27(50-33(45)40-18-23-8-10-28-29(14-23)49-20-48-28)16-34(51-25)12-4-7-26(52-34)19-47-32(44)39-17-22-5-3-6-24(13-22)35(36,37)38/h3,5-6,8,10,13-14,21,25-27H,4,7,9,11-12,15-20H2,1-2H3,(H,39,44)(H,40,45)(H,41,42)/t21-,25?,26?,27?,34?/m0/s1. The Labute approximate surface area is 297 Å². The number of hydrogen-bond acceptors (Lipinski definition) is 11. The molecule has 3 N–H and O–H groups in total. The van der Waals surface area contributed by atoms with Gasteiger partial charge in [-0.1, -0.05) is 18.2 Å². The van der Waals surface area contributed by atoms with Gasteiger partial charge in [0.2, 0.25) is 12.7 Å². The van der Waals surface area contributed by atoms with Gasteiger partial charge in [0.05, 0.1) is 24.9 Å². The van der Waals surface area contributed by atoms with E-state index < -0.39 is 65.9 Å². The molecule has 2 fully saturated rings. The second kappa shape index (κ2) is 17.2. The molecule has 3 aliphatic heterocycles. The van der Waals surface area contributed by atoms with Crippen molar-refractivity contribution in [2.24, 2.45) is 0 Å². The zero-order valence-electron chi connectivity index (χ0n) is 28.8. The fourth-order valence-corrected chi connectivity index (χ4v) is 6.28. The quantitative estimate of drug-likeness (QED) is 0.201. The van der Waals surface area contributed by atoms with Crippen LogP contribution in [0.25, 0.3) is 0 Å². The minimum absolute atomic E-state index is 0.00367. The second-order valence-corrected chi connectivity index (χ2v) is 12.8. The van der Waals surface area contributed by atoms with Gasteiger partial charge in [-0.15, -0.1) is 0 Å². The Kier molecular flexibility index (Phi) is 12.7. The molecule has 5 atom stereocenters. The summed E-state index contributed by atoms with van der Waals surface area (Å²) in [6.07, 6.45) is -5.62. The van der Waals surface area contributed by atoms with Crippen LogP contribution in [0.15, 0.2) is 42.5 Å². The fraction of sp³-hybridized carbons (Fsp3) is 0.543. The Morgan fingerprint density at radius 1 is 0.962 bits per heavy atom. The van der Waals surface area contributed by atoms with Crippen molar-refractivity contribution in [3.05, 3.63) is 59.2 Å². The molecule has 2 aromatic rings. The number of benzene rings is 2. The summed E-state index contributed by atoms with van der Waals surface area (Å²) in [5.74, 6) is -1.01. The lowest BCUT2D eigenvalue weighted by Gasteiger charge is -2.47. The summed E-state index contributed by atoms with van der Waals surface area (Å²) in [6.45, 7) is 1.45. The molecule has 0 aliphatic carbocycles. The van der Waals surface area contributed by atoms with E-state index in [1.807, 2.05) is 0 Å². The topological polar surface area (TPSA) is 169 Å². The lowest BCUT2D eigenvalue weighted by Crippen LogP contribution is -2.53. The van der Waals surface area contributed by atoms with Crippen molar-refractivity contribution in [1.82, 2.24) is 16.0 Å². The minimum atomic E-state index is -4.51. The lowest BCUT2D eigenvalue weighted by atomic mass is 9.90. The highest BCUT2D eigenvalue weighted by Gasteiger charge is 2.47. The number of nitrogens with one attached hydrogen (secondary N) is 3. The summed E-state index contributed by atoms with van der Waals surface area (Å²) in [7, 11) is 1.22. The molecule has 4 unspecified atom stereocenters. The van der Waals surface area contributed by atoms with Crippen molar-refractivity contribution < 1.29 is 65.5 Å². The molecule has 0 bridgehead atoms. The normalized spacial score (nSPS) is 22.9. The maximum Gasteiger partial charge on any atom is 0.416 e. The summed E-state index contributed by atoms with van der Waals surface area (Å²) in [4.78, 5) is 49.8. The molecule has 14 nitrogen and oxygen atoms in total. The van der Waals surface area contributed by atoms with E-state index in [1.165, 1.54) is 26.2 Å². The Balaban J connectivity index is 1.17. The van der Waals surface area contributed by atoms with Crippen molar-refractivity contribution in [2.45, 2.75) is 101 Å². The van der Waals surface area contributed by atoms with Crippen LogP contribution in [0.4, 0.5) is 22.8 Å². The maximum atomic E-state index is 13.0. The van der Waals surface area contributed by atoms with E-state index in [9.17, 15) is 32.3 Å². The monoisotopic (exact) mass is 737 g/mol. The predicted molar refractivity (Wildman–Crippen MR) is 174 cm³/mol. The third-order valence-corrected chi connectivity index (χ3v) is 8.78. The predicted octanol–water partition coefficient (Wildman–Crippen LogP) is 4.86. The number of fused-ring (bicyclic) bond motifs is 1. The summed E-state index contributed by atoms with van der Waals surface area (Å²) in [6, 6.07) is 9.07. The number of amides is 3. The number of halogens is 3. The highest BCUT2D eigenvalue weighted by atomic mass is 19.4. The van der Waals surface area contributed by atoms with Gasteiger partial charge in [0.25, 0.3) is 0 Å². The van der Waals surface area contributed by atoms with Gasteiger partial charge in [-0.05, 0) is 61.6 Å². The Morgan fingerprint density at radius 2 is 1.69 bits per heavy atom. The van der Waals surface area contributed by atoms with Gasteiger partial charge in [-0.25, -0.2) is 14.4 Å². The number of carbonyl (C=O) groups excluding carboxylic acids is 4. The molecular formula is C35H42F3N3O11. The molecule has 2 saturated heterocycles. The molecule has 0 saturated carbocycles. The third kappa shape index (κ3) is 10.9. The van der Waals surface area contributed by atoms with Crippen LogP contribution in [-0.4, -0.2) is 74.7 Å². The van der Waals surface area contributed by atoms with Gasteiger partial charge < -0.3 is 49.1 Å². The Hall–Kier alpha value is -4.77. The summed E-state index contributed by atoms with van der Waals surface area (Å²) in [5, 5.41) is 7.77. The van der Waals surface area contributed by atoms with Crippen molar-refractivity contribution in [1.29, 1.82) is 0 Å². The van der Waals surface area contributed by atoms with Gasteiger partial charge in [0, 0.05) is 38.8 Å². The average molecular weight is 738 g/mol. The number of alkyl carbamates (subject to hydrolysis) is 2. The lowest BCUT2D eigenvalue weighted by molar-refractivity contribution is -0.329. The first-order chi connectivity index (χ1) is 24.8. The van der Waals surface area contributed by atoms with Crippen LogP contribution in [-0.2, 0) is 52.5 Å². The average Bonchev–Trinajstić information content (AvgIpc) is 3.59. The van der Waals surface area contributed by atoms with E-state index >= 15 is 0 Å². The minimum Gasteiger partial charge on any atom is -0.467 e. The van der Waals surface area contributed by atoms with Crippen LogP contribution >= 0.6 is 0 Å². The molecule has 3 aliphatic rings. The van der Waals surface area contributed by atoms with Gasteiger partial charge in [-0.2, -0.15) is 13.2 Å². The van der Waals surface area contributed by atoms with Crippen LogP contribution < -0.4 is 25.4 Å². The molecule has 3 amide bonds. The van der Waals surface area contributed by atoms with Gasteiger partial charge in [-0.3, -0.25) is 4.79 Å². The zero-order chi connectivity index (χ0) is 37.3. The first kappa shape index (κ1) is 38.5. The number of carbonyl (C=O) groups is 4. The number of esters is 1. The second-order valence-electron chi connectivity index (χ2n) is 12.8. The third-order valence-electron chi connectivity index (χ3n) is 8.78. The molecule has 2 aromatic carbocycles. The zero-order valence-corrected chi connectivity index (χ0v) is 28.8. The molecule has 17 heteroatoms. The van der Waals surface area contributed by atoms with Crippen LogP contribution in [0.3, 0.4) is 0 Å². The summed E-state index contributed by atoms with van der Waals surface area (Å²) in [5.41, 5.74) is 0.195. The number of ether oxygens (including phenoxy) is 7. The fourth-order valence-electron chi connectivity index (χ4n) is 6.28. The molecular weight excluding hydrogens is 695 g/mol. The van der Waals surface area contributed by atoms with Crippen LogP contribution in [0.2, 0.25) is 0 Å². The highest BCUT2D eigenvalue weighted by Crippen LogP contribution is 2.41. The van der Waals surface area contributed by atoms with Crippen molar-refractivity contribution >= 4 is 24.1 Å². The molecule has 284 valence electrons. The SMILES string of the molecule is COC(=O)[C@H](C)NC(=O)CCC1CC(OC(=O)NCc2ccc3c(c2)OCO3)CC2(CCCC(COC(=O)NCc3cccc(C(F)(F)F)c3)O2)O1. The maximum absolute atomic E-state index is 13.0. The molecule has 5 rings (SSSR count). The molecule has 1 spiro atoms. The molecule has 0 aromatic heterocycles. The number of rotatable bonds is 12. The molecule has 52 heavy (non-hydrogen) atoms. The molecule has 0 radical (unpaired) electrons. The number of methoxy groups -OCH3 is 1. The van der Waals surface area contributed by atoms with E-state index in [0.717, 1.165) is 17.7 Å². The van der Waals surface area contributed by atoms with Gasteiger partial charge >= 0.3 is 24.3 Å². The number of alkyl halides is 3. The van der Waals surface area contributed by atoms with E-state index in [1.54, 1.807) is 18.2 Å². The van der Waals surface area contributed by atoms with Crippen LogP contribution in [0.5, 0.6) is 11.5 Å². The van der Waals surface area contributed by atoms with Gasteiger partial charge in [0.1, 0.15) is 18.8 Å². The van der Waals surface area contributed by atoms with E-state index in [-0.39, 0.29) is 57.7 Å². The van der Waals surface area contributed by atoms with E-state index in [2.05, 4.69) is 20.7 Å². The smallest absolute Gasteiger partial charge is 0.416 e.